The predicted octanol–water partition coefficient (Wildman–Crippen LogP) is 6.78. The van der Waals surface area contributed by atoms with Gasteiger partial charge in [-0.1, -0.05) is 37.5 Å². The minimum Gasteiger partial charge on any atom is -0.369 e. The van der Waals surface area contributed by atoms with Crippen LogP contribution in [0.1, 0.15) is 64.8 Å². The first-order valence-corrected chi connectivity index (χ1v) is 12.1. The van der Waals surface area contributed by atoms with E-state index in [2.05, 4.69) is 4.98 Å². The molecule has 0 saturated heterocycles. The Morgan fingerprint density at radius 1 is 1.00 bits per heavy atom. The number of carbonyl (C=O) groups excluding carboxylic acids is 1. The summed E-state index contributed by atoms with van der Waals surface area (Å²) in [6.07, 6.45) is -6.58. The molecule has 0 unspecified atom stereocenters. The molecule has 2 aromatic carbocycles. The molecule has 1 aliphatic rings. The summed E-state index contributed by atoms with van der Waals surface area (Å²) >= 11 is 0. The van der Waals surface area contributed by atoms with Crippen LogP contribution in [-0.4, -0.2) is 46.3 Å². The van der Waals surface area contributed by atoms with Crippen LogP contribution in [0, 0.1) is 6.92 Å². The van der Waals surface area contributed by atoms with Gasteiger partial charge in [-0.15, -0.1) is 0 Å². The number of carbonyl (C=O) groups is 1. The third-order valence-electron chi connectivity index (χ3n) is 7.36. The van der Waals surface area contributed by atoms with Crippen LogP contribution in [0.2, 0.25) is 0 Å². The van der Waals surface area contributed by atoms with Gasteiger partial charge in [0.15, 0.2) is 0 Å². The highest BCUT2D eigenvalue weighted by Gasteiger charge is 2.71. The molecule has 0 bridgehead atoms. The Morgan fingerprint density at radius 3 is 2.27 bits per heavy atom. The molecule has 1 aromatic heterocycles. The van der Waals surface area contributed by atoms with Gasteiger partial charge in [-0.25, -0.2) is 0 Å². The molecule has 37 heavy (non-hydrogen) atoms. The third-order valence-corrected chi connectivity index (χ3v) is 7.36. The largest absolute Gasteiger partial charge is 0.430 e. The molecule has 1 aliphatic carbocycles. The van der Waals surface area contributed by atoms with Crippen LogP contribution in [0.25, 0.3) is 10.9 Å². The van der Waals surface area contributed by atoms with E-state index in [0.29, 0.717) is 34.0 Å². The predicted molar refractivity (Wildman–Crippen MR) is 127 cm³/mol. The van der Waals surface area contributed by atoms with Gasteiger partial charge in [0.2, 0.25) is 0 Å². The quantitative estimate of drug-likeness (QED) is 0.360. The number of benzene rings is 2. The van der Waals surface area contributed by atoms with Gasteiger partial charge >= 0.3 is 12.4 Å². The molecule has 4 rings (SSSR count). The van der Waals surface area contributed by atoms with Gasteiger partial charge in [0.05, 0.1) is 0 Å². The zero-order chi connectivity index (χ0) is 27.2. The number of nitrogens with zero attached hydrogens (tertiary/aromatic N) is 1. The maximum Gasteiger partial charge on any atom is 0.430 e. The first-order valence-electron chi connectivity index (χ1n) is 12.1. The third kappa shape index (κ3) is 4.95. The number of aliphatic hydroxyl groups is 1. The van der Waals surface area contributed by atoms with Crippen LogP contribution >= 0.6 is 0 Å². The van der Waals surface area contributed by atoms with Crippen molar-refractivity contribution in [1.82, 2.24) is 9.88 Å². The highest BCUT2D eigenvalue weighted by molar-refractivity contribution is 5.94. The second kappa shape index (κ2) is 9.70. The monoisotopic (exact) mass is 526 g/mol. The molecule has 1 amide bonds. The Morgan fingerprint density at radius 2 is 1.65 bits per heavy atom. The maximum atomic E-state index is 13.4. The first-order chi connectivity index (χ1) is 17.2. The van der Waals surface area contributed by atoms with E-state index in [9.17, 15) is 36.2 Å². The van der Waals surface area contributed by atoms with E-state index in [-0.39, 0.29) is 23.8 Å². The minimum absolute atomic E-state index is 0.132. The Kier molecular flexibility index (Phi) is 7.09. The van der Waals surface area contributed by atoms with E-state index >= 15 is 0 Å². The molecule has 1 fully saturated rings. The number of aryl methyl sites for hydroxylation is 1. The van der Waals surface area contributed by atoms with Crippen molar-refractivity contribution in [3.8, 4) is 0 Å². The van der Waals surface area contributed by atoms with E-state index < -0.39 is 23.5 Å². The topological polar surface area (TPSA) is 56.3 Å². The number of aromatic nitrogens is 1. The van der Waals surface area contributed by atoms with E-state index in [4.69, 9.17) is 0 Å². The molecule has 2 N–H and O–H groups in total. The molecule has 10 heteroatoms. The van der Waals surface area contributed by atoms with Crippen LogP contribution in [0.3, 0.4) is 0 Å². The van der Waals surface area contributed by atoms with Crippen molar-refractivity contribution >= 4 is 16.8 Å². The Bertz CT molecular complexity index is 1270. The summed E-state index contributed by atoms with van der Waals surface area (Å²) in [5.41, 5.74) is -3.79. The number of fused-ring (bicyclic) bond motifs is 1. The molecule has 4 nitrogen and oxygen atoms in total. The molecular formula is C27H28F6N2O2. The van der Waals surface area contributed by atoms with E-state index in [1.165, 1.54) is 0 Å². The average Bonchev–Trinajstić information content (AvgIpc) is 3.16. The maximum absolute atomic E-state index is 13.4. The number of nitrogens with one attached hydrogen (secondary N) is 1. The molecule has 0 atom stereocenters. The van der Waals surface area contributed by atoms with Crippen molar-refractivity contribution in [2.45, 2.75) is 69.4 Å². The van der Waals surface area contributed by atoms with Gasteiger partial charge < -0.3 is 15.0 Å². The van der Waals surface area contributed by atoms with Crippen LogP contribution in [0.5, 0.6) is 0 Å². The second-order valence-corrected chi connectivity index (χ2v) is 9.78. The van der Waals surface area contributed by atoms with Crippen LogP contribution < -0.4 is 0 Å². The zero-order valence-corrected chi connectivity index (χ0v) is 20.4. The van der Waals surface area contributed by atoms with E-state index in [1.54, 1.807) is 43.1 Å². The molecule has 3 aromatic rings. The van der Waals surface area contributed by atoms with Gasteiger partial charge in [-0.05, 0) is 61.6 Å². The van der Waals surface area contributed by atoms with Crippen molar-refractivity contribution < 1.29 is 36.2 Å². The van der Waals surface area contributed by atoms with Gasteiger partial charge in [0.25, 0.3) is 11.5 Å². The van der Waals surface area contributed by atoms with Gasteiger partial charge in [0, 0.05) is 40.8 Å². The summed E-state index contributed by atoms with van der Waals surface area (Å²) in [7, 11) is 1.78. The molecule has 1 heterocycles. The van der Waals surface area contributed by atoms with Crippen LogP contribution in [-0.2, 0) is 12.0 Å². The van der Waals surface area contributed by atoms with Gasteiger partial charge in [0.1, 0.15) is 0 Å². The summed E-state index contributed by atoms with van der Waals surface area (Å²) in [6.45, 7) is 1.67. The molecular weight excluding hydrogens is 498 g/mol. The standard InChI is InChI=1S/C27H28F6N2O2/c1-16-21(14-17-7-6-8-18(13-17)24(36)35(2)20-9-4-3-5-10-20)22-15-19(11-12-23(22)34-16)25(37,26(28,29)30)27(31,32)33/h6-8,11-13,15,20,34,37H,3-5,9-10,14H2,1-2H3. The summed E-state index contributed by atoms with van der Waals surface area (Å²) in [4.78, 5) is 17.8. The lowest BCUT2D eigenvalue weighted by atomic mass is 9.90. The zero-order valence-electron chi connectivity index (χ0n) is 20.4. The van der Waals surface area contributed by atoms with Crippen molar-refractivity contribution in [2.24, 2.45) is 0 Å². The smallest absolute Gasteiger partial charge is 0.369 e. The van der Waals surface area contributed by atoms with Crippen LogP contribution in [0.4, 0.5) is 26.3 Å². The van der Waals surface area contributed by atoms with Crippen LogP contribution in [0.15, 0.2) is 42.5 Å². The fourth-order valence-electron chi connectivity index (χ4n) is 5.18. The summed E-state index contributed by atoms with van der Waals surface area (Å²) in [5.74, 6) is -0.132. The Labute approximate surface area is 210 Å². The Hall–Kier alpha value is -3.01. The number of halogens is 6. The number of amides is 1. The lowest BCUT2D eigenvalue weighted by molar-refractivity contribution is -0.376. The fraction of sp³-hybridized carbons (Fsp3) is 0.444. The molecule has 0 radical (unpaired) electrons. The number of hydrogen-bond acceptors (Lipinski definition) is 2. The number of hydrogen-bond donors (Lipinski definition) is 2. The highest BCUT2D eigenvalue weighted by atomic mass is 19.4. The highest BCUT2D eigenvalue weighted by Crippen LogP contribution is 2.50. The lowest BCUT2D eigenvalue weighted by Gasteiger charge is -2.32. The normalized spacial score (nSPS) is 15.8. The van der Waals surface area contributed by atoms with Crippen molar-refractivity contribution in [3.63, 3.8) is 0 Å². The van der Waals surface area contributed by atoms with E-state index in [0.717, 1.165) is 44.2 Å². The molecule has 0 aliphatic heterocycles. The number of alkyl halides is 6. The van der Waals surface area contributed by atoms with Crippen molar-refractivity contribution in [3.05, 3.63) is 70.4 Å². The van der Waals surface area contributed by atoms with Gasteiger partial charge in [-0.2, -0.15) is 26.3 Å². The van der Waals surface area contributed by atoms with Gasteiger partial charge in [-0.3, -0.25) is 4.79 Å². The fourth-order valence-corrected chi connectivity index (χ4v) is 5.18. The summed E-state index contributed by atoms with van der Waals surface area (Å²) < 4.78 is 80.7. The Balaban J connectivity index is 1.68. The SMILES string of the molecule is Cc1[nH]c2ccc(C(O)(C(F)(F)F)C(F)(F)F)cc2c1Cc1cccc(C(=O)N(C)C2CCCCC2)c1. The second-order valence-electron chi connectivity index (χ2n) is 9.78. The molecule has 1 saturated carbocycles. The first kappa shape index (κ1) is 27.0. The summed E-state index contributed by atoms with van der Waals surface area (Å²) in [6, 6.07) is 9.48. The molecule has 200 valence electrons. The van der Waals surface area contributed by atoms with Crippen molar-refractivity contribution in [2.75, 3.05) is 7.05 Å². The average molecular weight is 527 g/mol. The number of aromatic amines is 1. The lowest BCUT2D eigenvalue weighted by Crippen LogP contribution is -2.53. The van der Waals surface area contributed by atoms with Crippen molar-refractivity contribution in [1.29, 1.82) is 0 Å². The number of H-pyrrole nitrogens is 1. The summed E-state index contributed by atoms with van der Waals surface area (Å²) in [5, 5.41) is 9.99. The molecule has 0 spiro atoms. The van der Waals surface area contributed by atoms with E-state index in [1.807, 2.05) is 0 Å². The minimum atomic E-state index is -5.97. The number of rotatable bonds is 5.